The molecule has 3 aliphatic rings. The van der Waals surface area contributed by atoms with Crippen molar-refractivity contribution in [2.24, 2.45) is 5.92 Å². The molecule has 1 saturated carbocycles. The van der Waals surface area contributed by atoms with Crippen LogP contribution in [0.4, 0.5) is 0 Å². The number of hydrogen-bond acceptors (Lipinski definition) is 4. The van der Waals surface area contributed by atoms with Gasteiger partial charge in [0.05, 0.1) is 19.3 Å². The first-order chi connectivity index (χ1) is 8.75. The molecule has 2 N–H and O–H groups in total. The average Bonchev–Trinajstić information content (AvgIpc) is 2.95. The van der Waals surface area contributed by atoms with Crippen LogP contribution in [0.15, 0.2) is 0 Å². The van der Waals surface area contributed by atoms with E-state index in [-0.39, 0.29) is 30.1 Å². The van der Waals surface area contributed by atoms with Gasteiger partial charge in [-0.25, -0.2) is 0 Å². The van der Waals surface area contributed by atoms with Gasteiger partial charge >= 0.3 is 0 Å². The fourth-order valence-corrected chi connectivity index (χ4v) is 3.27. The van der Waals surface area contributed by atoms with Crippen LogP contribution in [0.5, 0.6) is 0 Å². The Labute approximate surface area is 107 Å². The maximum atomic E-state index is 12.1. The van der Waals surface area contributed by atoms with Gasteiger partial charge in [0.2, 0.25) is 5.91 Å². The second-order valence-electron chi connectivity index (χ2n) is 5.61. The van der Waals surface area contributed by atoms with Crippen molar-refractivity contribution < 1.29 is 19.4 Å². The topological polar surface area (TPSA) is 67.8 Å². The molecule has 1 amide bonds. The normalized spacial score (nSPS) is 40.7. The standard InChI is InChI=1S/C13H21NO4/c15-10-7-18-11-9(6-17-12(10)11)14-13(16)8-4-2-1-3-5-8/h8-12,15H,1-7H2,(H,14,16)/t9-,10+,11+,12+/m0/s1. The molecule has 0 aromatic carbocycles. The third kappa shape index (κ3) is 2.27. The van der Waals surface area contributed by atoms with E-state index in [0.29, 0.717) is 13.2 Å². The molecular weight excluding hydrogens is 234 g/mol. The van der Waals surface area contributed by atoms with E-state index in [9.17, 15) is 9.90 Å². The first-order valence-corrected chi connectivity index (χ1v) is 6.97. The summed E-state index contributed by atoms with van der Waals surface area (Å²) in [7, 11) is 0. The van der Waals surface area contributed by atoms with Gasteiger partial charge < -0.3 is 19.9 Å². The zero-order valence-corrected chi connectivity index (χ0v) is 10.5. The Kier molecular flexibility index (Phi) is 3.54. The number of fused-ring (bicyclic) bond motifs is 1. The zero-order valence-electron chi connectivity index (χ0n) is 10.5. The van der Waals surface area contributed by atoms with E-state index >= 15 is 0 Å². The lowest BCUT2D eigenvalue weighted by Gasteiger charge is -2.24. The molecular formula is C13H21NO4. The molecule has 5 nitrogen and oxygen atoms in total. The van der Waals surface area contributed by atoms with E-state index in [2.05, 4.69) is 5.32 Å². The molecule has 0 aromatic rings. The summed E-state index contributed by atoms with van der Waals surface area (Å²) in [5, 5.41) is 12.7. The minimum atomic E-state index is -0.549. The maximum absolute atomic E-state index is 12.1. The number of aliphatic hydroxyl groups is 1. The van der Waals surface area contributed by atoms with Crippen LogP contribution in [0, 0.1) is 5.92 Å². The highest BCUT2D eigenvalue weighted by molar-refractivity contribution is 5.79. The summed E-state index contributed by atoms with van der Waals surface area (Å²) in [4.78, 5) is 12.1. The van der Waals surface area contributed by atoms with Crippen LogP contribution in [-0.2, 0) is 14.3 Å². The van der Waals surface area contributed by atoms with Crippen molar-refractivity contribution >= 4 is 5.91 Å². The van der Waals surface area contributed by atoms with Gasteiger partial charge in [0.1, 0.15) is 18.3 Å². The molecule has 0 radical (unpaired) electrons. The molecule has 2 heterocycles. The fourth-order valence-electron chi connectivity index (χ4n) is 3.27. The molecule has 3 rings (SSSR count). The summed E-state index contributed by atoms with van der Waals surface area (Å²) < 4.78 is 11.0. The van der Waals surface area contributed by atoms with Crippen LogP contribution < -0.4 is 5.32 Å². The largest absolute Gasteiger partial charge is 0.388 e. The van der Waals surface area contributed by atoms with E-state index in [1.165, 1.54) is 6.42 Å². The lowest BCUT2D eigenvalue weighted by atomic mass is 9.88. The fraction of sp³-hybridized carbons (Fsp3) is 0.923. The maximum Gasteiger partial charge on any atom is 0.223 e. The van der Waals surface area contributed by atoms with Crippen molar-refractivity contribution in [1.82, 2.24) is 5.32 Å². The molecule has 2 saturated heterocycles. The predicted molar refractivity (Wildman–Crippen MR) is 64.0 cm³/mol. The van der Waals surface area contributed by atoms with Crippen molar-refractivity contribution in [2.45, 2.75) is 56.5 Å². The Bertz CT molecular complexity index is 316. The summed E-state index contributed by atoms with van der Waals surface area (Å²) >= 11 is 0. The van der Waals surface area contributed by atoms with Gasteiger partial charge in [-0.1, -0.05) is 19.3 Å². The van der Waals surface area contributed by atoms with Crippen molar-refractivity contribution in [2.75, 3.05) is 13.2 Å². The Hall–Kier alpha value is -0.650. The minimum absolute atomic E-state index is 0.0958. The molecule has 0 unspecified atom stereocenters. The molecule has 3 fully saturated rings. The van der Waals surface area contributed by atoms with Gasteiger partial charge in [0.15, 0.2) is 0 Å². The van der Waals surface area contributed by atoms with Crippen LogP contribution in [-0.4, -0.2) is 48.6 Å². The van der Waals surface area contributed by atoms with E-state index < -0.39 is 6.10 Å². The number of carbonyl (C=O) groups excluding carboxylic acids is 1. The number of ether oxygens (including phenoxy) is 2. The van der Waals surface area contributed by atoms with Gasteiger partial charge in [0.25, 0.3) is 0 Å². The van der Waals surface area contributed by atoms with Gasteiger partial charge in [-0.05, 0) is 12.8 Å². The number of hydrogen-bond donors (Lipinski definition) is 2. The monoisotopic (exact) mass is 255 g/mol. The summed E-state index contributed by atoms with van der Waals surface area (Å²) in [6.45, 7) is 0.760. The Morgan fingerprint density at radius 2 is 1.78 bits per heavy atom. The highest BCUT2D eigenvalue weighted by Crippen LogP contribution is 2.28. The summed E-state index contributed by atoms with van der Waals surface area (Å²) in [6.07, 6.45) is 4.56. The molecule has 1 aliphatic carbocycles. The second-order valence-corrected chi connectivity index (χ2v) is 5.61. The Morgan fingerprint density at radius 1 is 1.06 bits per heavy atom. The lowest BCUT2D eigenvalue weighted by Crippen LogP contribution is -2.46. The molecule has 5 heteroatoms. The van der Waals surface area contributed by atoms with Gasteiger partial charge in [0, 0.05) is 5.92 Å². The minimum Gasteiger partial charge on any atom is -0.388 e. The van der Waals surface area contributed by atoms with Crippen LogP contribution in [0.1, 0.15) is 32.1 Å². The molecule has 18 heavy (non-hydrogen) atoms. The van der Waals surface area contributed by atoms with Crippen molar-refractivity contribution in [1.29, 1.82) is 0 Å². The number of amides is 1. The first kappa shape index (κ1) is 12.4. The number of aliphatic hydroxyl groups excluding tert-OH is 1. The molecule has 0 spiro atoms. The van der Waals surface area contributed by atoms with E-state index in [1.807, 2.05) is 0 Å². The van der Waals surface area contributed by atoms with Crippen LogP contribution >= 0.6 is 0 Å². The zero-order chi connectivity index (χ0) is 12.5. The molecule has 2 aliphatic heterocycles. The van der Waals surface area contributed by atoms with Crippen LogP contribution in [0.2, 0.25) is 0 Å². The quantitative estimate of drug-likeness (QED) is 0.740. The number of carbonyl (C=O) groups is 1. The lowest BCUT2D eigenvalue weighted by molar-refractivity contribution is -0.127. The molecule has 0 bridgehead atoms. The average molecular weight is 255 g/mol. The first-order valence-electron chi connectivity index (χ1n) is 6.97. The summed E-state index contributed by atoms with van der Waals surface area (Å²) in [5.41, 5.74) is 0. The summed E-state index contributed by atoms with van der Waals surface area (Å²) in [5.74, 6) is 0.290. The third-order valence-electron chi connectivity index (χ3n) is 4.33. The van der Waals surface area contributed by atoms with Crippen LogP contribution in [0.3, 0.4) is 0 Å². The molecule has 4 atom stereocenters. The smallest absolute Gasteiger partial charge is 0.223 e. The Morgan fingerprint density at radius 3 is 2.56 bits per heavy atom. The highest BCUT2D eigenvalue weighted by atomic mass is 16.6. The van der Waals surface area contributed by atoms with Crippen molar-refractivity contribution in [3.63, 3.8) is 0 Å². The Balaban J connectivity index is 1.55. The van der Waals surface area contributed by atoms with Crippen molar-refractivity contribution in [3.8, 4) is 0 Å². The second kappa shape index (κ2) is 5.15. The van der Waals surface area contributed by atoms with E-state index in [1.54, 1.807) is 0 Å². The van der Waals surface area contributed by atoms with Gasteiger partial charge in [-0.15, -0.1) is 0 Å². The summed E-state index contributed by atoms with van der Waals surface area (Å²) in [6, 6.07) is -0.0958. The van der Waals surface area contributed by atoms with E-state index in [0.717, 1.165) is 25.7 Å². The molecule has 102 valence electrons. The van der Waals surface area contributed by atoms with Crippen LogP contribution in [0.25, 0.3) is 0 Å². The number of rotatable bonds is 2. The SMILES string of the molecule is O=C(N[C@H]1CO[C@H]2[C@@H]1OC[C@H]2O)C1CCCCC1. The molecule has 0 aromatic heterocycles. The van der Waals surface area contributed by atoms with Crippen molar-refractivity contribution in [3.05, 3.63) is 0 Å². The number of nitrogens with one attached hydrogen (secondary N) is 1. The third-order valence-corrected chi connectivity index (χ3v) is 4.33. The van der Waals surface area contributed by atoms with E-state index in [4.69, 9.17) is 9.47 Å². The predicted octanol–water partition coefficient (Wildman–Crippen LogP) is 0.210. The van der Waals surface area contributed by atoms with Gasteiger partial charge in [-0.3, -0.25) is 4.79 Å². The highest BCUT2D eigenvalue weighted by Gasteiger charge is 2.47. The van der Waals surface area contributed by atoms with Gasteiger partial charge in [-0.2, -0.15) is 0 Å².